The first-order valence-electron chi connectivity index (χ1n) is 5.54. The van der Waals surface area contributed by atoms with Crippen molar-refractivity contribution in [3.8, 4) is 11.3 Å². The molecule has 1 aromatic heterocycles. The summed E-state index contributed by atoms with van der Waals surface area (Å²) in [7, 11) is 3.83. The van der Waals surface area contributed by atoms with Gasteiger partial charge in [-0.2, -0.15) is 0 Å². The third-order valence-corrected chi connectivity index (χ3v) is 2.79. The van der Waals surface area contributed by atoms with E-state index in [1.54, 1.807) is 19.3 Å². The molecule has 0 unspecified atom stereocenters. The highest BCUT2D eigenvalue weighted by atomic mass is 19.1. The molecule has 90 valence electrons. The summed E-state index contributed by atoms with van der Waals surface area (Å²) in [5, 5.41) is 3.08. The smallest absolute Gasteiger partial charge is 0.126 e. The third-order valence-electron chi connectivity index (χ3n) is 2.79. The van der Waals surface area contributed by atoms with Crippen molar-refractivity contribution in [3.63, 3.8) is 0 Å². The van der Waals surface area contributed by atoms with Crippen molar-refractivity contribution in [2.45, 2.75) is 13.5 Å². The van der Waals surface area contributed by atoms with E-state index < -0.39 is 0 Å². The Morgan fingerprint density at radius 1 is 1.41 bits per heavy atom. The molecular weight excluding hydrogens is 217 g/mol. The molecule has 0 amide bonds. The lowest BCUT2D eigenvalue weighted by molar-refractivity contribution is 0.618. The highest BCUT2D eigenvalue weighted by Gasteiger charge is 2.11. The van der Waals surface area contributed by atoms with Gasteiger partial charge in [0.05, 0.1) is 17.7 Å². The minimum absolute atomic E-state index is 0.175. The second kappa shape index (κ2) is 4.67. The van der Waals surface area contributed by atoms with Gasteiger partial charge in [-0.05, 0) is 37.7 Å². The first-order valence-corrected chi connectivity index (χ1v) is 5.54. The van der Waals surface area contributed by atoms with Crippen LogP contribution in [0.3, 0.4) is 0 Å². The summed E-state index contributed by atoms with van der Waals surface area (Å²) in [4.78, 5) is 4.34. The fraction of sp³-hybridized carbons (Fsp3) is 0.308. The van der Waals surface area contributed by atoms with Crippen LogP contribution in [-0.4, -0.2) is 16.6 Å². The van der Waals surface area contributed by atoms with Gasteiger partial charge >= 0.3 is 0 Å². The maximum atomic E-state index is 13.3. The van der Waals surface area contributed by atoms with Crippen molar-refractivity contribution < 1.29 is 4.39 Å². The van der Waals surface area contributed by atoms with Crippen LogP contribution >= 0.6 is 0 Å². The van der Waals surface area contributed by atoms with Gasteiger partial charge in [0.2, 0.25) is 0 Å². The molecule has 0 saturated carbocycles. The van der Waals surface area contributed by atoms with Gasteiger partial charge in [-0.3, -0.25) is 0 Å². The molecular formula is C13H16FN3. The van der Waals surface area contributed by atoms with Gasteiger partial charge in [0.15, 0.2) is 0 Å². The minimum Gasteiger partial charge on any atom is -0.333 e. The van der Waals surface area contributed by atoms with Gasteiger partial charge < -0.3 is 9.88 Å². The highest BCUT2D eigenvalue weighted by molar-refractivity contribution is 5.63. The summed E-state index contributed by atoms with van der Waals surface area (Å²) in [6.45, 7) is 2.47. The van der Waals surface area contributed by atoms with E-state index in [1.165, 1.54) is 6.07 Å². The average Bonchev–Trinajstić information content (AvgIpc) is 2.65. The number of rotatable bonds is 3. The number of nitrogens with zero attached hydrogens (tertiary/aromatic N) is 2. The number of benzene rings is 1. The first-order chi connectivity index (χ1) is 8.13. The van der Waals surface area contributed by atoms with Gasteiger partial charge in [0.1, 0.15) is 5.82 Å². The number of imidazole rings is 1. The highest BCUT2D eigenvalue weighted by Crippen LogP contribution is 2.24. The molecule has 0 atom stereocenters. The molecule has 0 spiro atoms. The SMILES string of the molecule is CNCc1ncn(C)c1-c1ccc(F)c(C)c1. The van der Waals surface area contributed by atoms with Crippen molar-refractivity contribution in [3.05, 3.63) is 41.6 Å². The molecule has 0 fully saturated rings. The van der Waals surface area contributed by atoms with Crippen LogP contribution in [0, 0.1) is 12.7 Å². The lowest BCUT2D eigenvalue weighted by atomic mass is 10.1. The van der Waals surface area contributed by atoms with Crippen molar-refractivity contribution in [1.29, 1.82) is 0 Å². The summed E-state index contributed by atoms with van der Waals surface area (Å²) in [5.41, 5.74) is 3.65. The van der Waals surface area contributed by atoms with E-state index in [9.17, 15) is 4.39 Å². The molecule has 0 aliphatic carbocycles. The summed E-state index contributed by atoms with van der Waals surface area (Å²) < 4.78 is 15.2. The molecule has 1 N–H and O–H groups in total. The predicted molar refractivity (Wildman–Crippen MR) is 66.1 cm³/mol. The molecule has 0 radical (unpaired) electrons. The molecule has 0 aliphatic heterocycles. The number of hydrogen-bond acceptors (Lipinski definition) is 2. The molecule has 2 aromatic rings. The largest absolute Gasteiger partial charge is 0.333 e. The summed E-state index contributed by atoms with van der Waals surface area (Å²) in [5.74, 6) is -0.175. The van der Waals surface area contributed by atoms with Crippen molar-refractivity contribution >= 4 is 0 Å². The number of hydrogen-bond donors (Lipinski definition) is 1. The monoisotopic (exact) mass is 233 g/mol. The van der Waals surface area contributed by atoms with E-state index in [1.807, 2.05) is 24.7 Å². The Kier molecular flexibility index (Phi) is 3.24. The molecule has 1 heterocycles. The predicted octanol–water partition coefficient (Wildman–Crippen LogP) is 2.25. The lowest BCUT2D eigenvalue weighted by Gasteiger charge is -2.07. The summed E-state index contributed by atoms with van der Waals surface area (Å²) >= 11 is 0. The van der Waals surface area contributed by atoms with Crippen LogP contribution in [0.1, 0.15) is 11.3 Å². The molecule has 2 rings (SSSR count). The van der Waals surface area contributed by atoms with Crippen LogP contribution in [0.2, 0.25) is 0 Å². The van der Waals surface area contributed by atoms with Crippen molar-refractivity contribution in [2.24, 2.45) is 7.05 Å². The minimum atomic E-state index is -0.175. The summed E-state index contributed by atoms with van der Waals surface area (Å²) in [6.07, 6.45) is 1.78. The molecule has 0 aliphatic rings. The number of aryl methyl sites for hydroxylation is 2. The fourth-order valence-corrected chi connectivity index (χ4v) is 1.94. The average molecular weight is 233 g/mol. The van der Waals surface area contributed by atoms with Crippen LogP contribution in [0.15, 0.2) is 24.5 Å². The van der Waals surface area contributed by atoms with E-state index in [2.05, 4.69) is 10.3 Å². The van der Waals surface area contributed by atoms with E-state index in [0.717, 1.165) is 17.0 Å². The van der Waals surface area contributed by atoms with Gasteiger partial charge in [-0.15, -0.1) is 0 Å². The topological polar surface area (TPSA) is 29.9 Å². The zero-order valence-corrected chi connectivity index (χ0v) is 10.3. The Morgan fingerprint density at radius 3 is 2.82 bits per heavy atom. The first kappa shape index (κ1) is 11.8. The maximum absolute atomic E-state index is 13.3. The second-order valence-electron chi connectivity index (χ2n) is 4.15. The van der Waals surface area contributed by atoms with E-state index in [-0.39, 0.29) is 5.82 Å². The maximum Gasteiger partial charge on any atom is 0.126 e. The Bertz CT molecular complexity index is 531. The zero-order valence-electron chi connectivity index (χ0n) is 10.3. The van der Waals surface area contributed by atoms with Crippen molar-refractivity contribution in [2.75, 3.05) is 7.05 Å². The Hall–Kier alpha value is -1.68. The molecule has 0 bridgehead atoms. The molecule has 3 nitrogen and oxygen atoms in total. The normalized spacial score (nSPS) is 10.8. The van der Waals surface area contributed by atoms with Crippen LogP contribution in [0.25, 0.3) is 11.3 Å². The quantitative estimate of drug-likeness (QED) is 0.881. The van der Waals surface area contributed by atoms with Gasteiger partial charge in [-0.1, -0.05) is 0 Å². The number of nitrogens with one attached hydrogen (secondary N) is 1. The standard InChI is InChI=1S/C13H16FN3/c1-9-6-10(4-5-11(9)14)13-12(7-15-2)16-8-17(13)3/h4-6,8,15H,7H2,1-3H3. The van der Waals surface area contributed by atoms with E-state index in [0.29, 0.717) is 12.1 Å². The van der Waals surface area contributed by atoms with Gasteiger partial charge in [0, 0.05) is 19.2 Å². The van der Waals surface area contributed by atoms with Crippen LogP contribution < -0.4 is 5.32 Å². The van der Waals surface area contributed by atoms with Crippen molar-refractivity contribution in [1.82, 2.24) is 14.9 Å². The number of halogens is 1. The second-order valence-corrected chi connectivity index (χ2v) is 4.15. The summed E-state index contributed by atoms with van der Waals surface area (Å²) in [6, 6.07) is 5.14. The zero-order chi connectivity index (χ0) is 12.4. The van der Waals surface area contributed by atoms with Crippen LogP contribution in [-0.2, 0) is 13.6 Å². The molecule has 4 heteroatoms. The number of aromatic nitrogens is 2. The van der Waals surface area contributed by atoms with Gasteiger partial charge in [-0.25, -0.2) is 9.37 Å². The third kappa shape index (κ3) is 2.22. The fourth-order valence-electron chi connectivity index (χ4n) is 1.94. The van der Waals surface area contributed by atoms with Crippen LogP contribution in [0.4, 0.5) is 4.39 Å². The van der Waals surface area contributed by atoms with E-state index >= 15 is 0 Å². The lowest BCUT2D eigenvalue weighted by Crippen LogP contribution is -2.07. The Morgan fingerprint density at radius 2 is 2.18 bits per heavy atom. The Labute approximate surface area is 100 Å². The molecule has 17 heavy (non-hydrogen) atoms. The van der Waals surface area contributed by atoms with Crippen LogP contribution in [0.5, 0.6) is 0 Å². The molecule has 0 saturated heterocycles. The Balaban J connectivity index is 2.51. The molecule has 1 aromatic carbocycles. The van der Waals surface area contributed by atoms with Gasteiger partial charge in [0.25, 0.3) is 0 Å². The van der Waals surface area contributed by atoms with E-state index in [4.69, 9.17) is 0 Å².